The van der Waals surface area contributed by atoms with Crippen LogP contribution in [0.25, 0.3) is 0 Å². The summed E-state index contributed by atoms with van der Waals surface area (Å²) < 4.78 is 27.3. The van der Waals surface area contributed by atoms with Crippen LogP contribution < -0.4 is 10.0 Å². The highest BCUT2D eigenvalue weighted by Gasteiger charge is 2.23. The Kier molecular flexibility index (Phi) is 7.16. The molecular formula is C18H26N4O4S2. The number of nitrogens with one attached hydrogen (secondary N) is 2. The number of rotatable bonds is 9. The molecule has 0 radical (unpaired) electrons. The number of aryl methyl sites for hydroxylation is 2. The van der Waals surface area contributed by atoms with Gasteiger partial charge in [-0.2, -0.15) is 0 Å². The maximum atomic E-state index is 12.4. The Labute approximate surface area is 169 Å². The van der Waals surface area contributed by atoms with E-state index in [1.54, 1.807) is 11.3 Å². The second-order valence-corrected chi connectivity index (χ2v) is 10.1. The van der Waals surface area contributed by atoms with Crippen LogP contribution in [0.5, 0.6) is 0 Å². The van der Waals surface area contributed by atoms with Gasteiger partial charge in [-0.05, 0) is 58.6 Å². The first-order valence-corrected chi connectivity index (χ1v) is 11.1. The number of likely N-dealkylation sites (N-methyl/N-ethyl adjacent to an activating group) is 1. The topological polar surface area (TPSA) is 105 Å². The van der Waals surface area contributed by atoms with E-state index >= 15 is 0 Å². The zero-order valence-electron chi connectivity index (χ0n) is 16.6. The molecule has 2 rings (SSSR count). The number of thiophene rings is 1. The van der Waals surface area contributed by atoms with Gasteiger partial charge in [0, 0.05) is 35.0 Å². The molecule has 10 heteroatoms. The first-order valence-electron chi connectivity index (χ1n) is 8.77. The SMILES string of the molecule is Cc1cc(C(C)Nc2ccc(S(=O)(=O)NCCN(C)C)cc2[N+](=O)[O-])c(C)s1. The number of nitro groups is 1. The standard InChI is InChI=1S/C18H26N4O4S2/c1-12-10-16(14(3)27-12)13(2)20-17-7-6-15(11-18(17)22(23)24)28(25,26)19-8-9-21(4)5/h6-7,10-11,13,19-20H,8-9H2,1-5H3. The molecule has 0 saturated carbocycles. The lowest BCUT2D eigenvalue weighted by Gasteiger charge is -2.16. The molecule has 2 aromatic rings. The van der Waals surface area contributed by atoms with Crippen molar-refractivity contribution >= 4 is 32.7 Å². The van der Waals surface area contributed by atoms with Crippen LogP contribution in [0, 0.1) is 24.0 Å². The smallest absolute Gasteiger partial charge is 0.293 e. The van der Waals surface area contributed by atoms with Crippen LogP contribution in [-0.4, -0.2) is 45.4 Å². The molecule has 0 amide bonds. The Balaban J connectivity index is 2.27. The fourth-order valence-electron chi connectivity index (χ4n) is 2.83. The summed E-state index contributed by atoms with van der Waals surface area (Å²) in [4.78, 5) is 15.0. The second-order valence-electron chi connectivity index (χ2n) is 6.87. The highest BCUT2D eigenvalue weighted by molar-refractivity contribution is 7.89. The summed E-state index contributed by atoms with van der Waals surface area (Å²) >= 11 is 1.67. The van der Waals surface area contributed by atoms with E-state index in [4.69, 9.17) is 0 Å². The number of sulfonamides is 1. The number of anilines is 1. The lowest BCUT2D eigenvalue weighted by Crippen LogP contribution is -2.31. The van der Waals surface area contributed by atoms with E-state index in [0.717, 1.165) is 16.5 Å². The molecular weight excluding hydrogens is 400 g/mol. The summed E-state index contributed by atoms with van der Waals surface area (Å²) in [6.45, 7) is 6.69. The Morgan fingerprint density at radius 2 is 1.93 bits per heavy atom. The van der Waals surface area contributed by atoms with Crippen LogP contribution in [0.4, 0.5) is 11.4 Å². The molecule has 0 aliphatic heterocycles. The quantitative estimate of drug-likeness (QED) is 0.471. The lowest BCUT2D eigenvalue weighted by atomic mass is 10.1. The predicted molar refractivity (Wildman–Crippen MR) is 113 cm³/mol. The molecule has 1 atom stereocenters. The first kappa shape index (κ1) is 22.3. The van der Waals surface area contributed by atoms with Gasteiger partial charge in [0.25, 0.3) is 5.69 Å². The molecule has 0 aliphatic rings. The van der Waals surface area contributed by atoms with Gasteiger partial charge in [0.15, 0.2) is 0 Å². The molecule has 2 N–H and O–H groups in total. The van der Waals surface area contributed by atoms with E-state index in [1.165, 1.54) is 17.0 Å². The monoisotopic (exact) mass is 426 g/mol. The molecule has 0 saturated heterocycles. The molecule has 1 aromatic heterocycles. The van der Waals surface area contributed by atoms with Crippen molar-refractivity contribution in [3.05, 3.63) is 49.7 Å². The summed E-state index contributed by atoms with van der Waals surface area (Å²) in [5.41, 5.74) is 1.08. The van der Waals surface area contributed by atoms with Crippen molar-refractivity contribution in [2.24, 2.45) is 0 Å². The van der Waals surface area contributed by atoms with Gasteiger partial charge in [-0.15, -0.1) is 11.3 Å². The van der Waals surface area contributed by atoms with E-state index < -0.39 is 14.9 Å². The first-order chi connectivity index (χ1) is 13.0. The molecule has 28 heavy (non-hydrogen) atoms. The van der Waals surface area contributed by atoms with E-state index in [1.807, 2.05) is 39.8 Å². The van der Waals surface area contributed by atoms with Gasteiger partial charge < -0.3 is 10.2 Å². The van der Waals surface area contributed by atoms with E-state index in [0.29, 0.717) is 6.54 Å². The minimum Gasteiger partial charge on any atom is -0.373 e. The third-order valence-electron chi connectivity index (χ3n) is 4.25. The summed E-state index contributed by atoms with van der Waals surface area (Å²) in [5.74, 6) is 0. The zero-order valence-corrected chi connectivity index (χ0v) is 18.3. The Morgan fingerprint density at radius 1 is 1.25 bits per heavy atom. The minimum absolute atomic E-state index is 0.126. The highest BCUT2D eigenvalue weighted by Crippen LogP contribution is 2.33. The molecule has 8 nitrogen and oxygen atoms in total. The minimum atomic E-state index is -3.82. The van der Waals surface area contributed by atoms with E-state index in [9.17, 15) is 18.5 Å². The molecule has 1 aromatic carbocycles. The van der Waals surface area contributed by atoms with Crippen molar-refractivity contribution < 1.29 is 13.3 Å². The van der Waals surface area contributed by atoms with Gasteiger partial charge in [-0.25, -0.2) is 13.1 Å². The van der Waals surface area contributed by atoms with Crippen molar-refractivity contribution in [1.29, 1.82) is 0 Å². The van der Waals surface area contributed by atoms with E-state index in [2.05, 4.69) is 16.1 Å². The largest absolute Gasteiger partial charge is 0.373 e. The fourth-order valence-corrected chi connectivity index (χ4v) is 4.89. The molecule has 1 unspecified atom stereocenters. The van der Waals surface area contributed by atoms with Crippen molar-refractivity contribution in [2.75, 3.05) is 32.5 Å². The normalized spacial score (nSPS) is 12.9. The van der Waals surface area contributed by atoms with Crippen molar-refractivity contribution in [1.82, 2.24) is 9.62 Å². The third-order valence-corrected chi connectivity index (χ3v) is 6.69. The lowest BCUT2D eigenvalue weighted by molar-refractivity contribution is -0.384. The summed E-state index contributed by atoms with van der Waals surface area (Å²) in [7, 11) is -0.158. The maximum absolute atomic E-state index is 12.4. The molecule has 1 heterocycles. The van der Waals surface area contributed by atoms with Crippen molar-refractivity contribution in [3.63, 3.8) is 0 Å². The van der Waals surface area contributed by atoms with Gasteiger partial charge in [-0.3, -0.25) is 10.1 Å². The molecule has 0 bridgehead atoms. The molecule has 154 valence electrons. The molecule has 0 fully saturated rings. The maximum Gasteiger partial charge on any atom is 0.293 e. The Morgan fingerprint density at radius 3 is 2.46 bits per heavy atom. The van der Waals surface area contributed by atoms with Gasteiger partial charge in [0.1, 0.15) is 5.69 Å². The van der Waals surface area contributed by atoms with Gasteiger partial charge in [0.2, 0.25) is 10.0 Å². The van der Waals surface area contributed by atoms with Gasteiger partial charge in [-0.1, -0.05) is 0 Å². The van der Waals surface area contributed by atoms with Crippen LogP contribution in [0.15, 0.2) is 29.2 Å². The van der Waals surface area contributed by atoms with Crippen LogP contribution in [0.2, 0.25) is 0 Å². The average Bonchev–Trinajstić information content (AvgIpc) is 2.92. The summed E-state index contributed by atoms with van der Waals surface area (Å²) in [6.07, 6.45) is 0. The number of benzene rings is 1. The van der Waals surface area contributed by atoms with Gasteiger partial charge in [0.05, 0.1) is 9.82 Å². The second kappa shape index (κ2) is 8.99. The Hall–Kier alpha value is -2.01. The van der Waals surface area contributed by atoms with Crippen LogP contribution in [0.1, 0.15) is 28.3 Å². The molecule has 0 aliphatic carbocycles. The average molecular weight is 427 g/mol. The number of hydrogen-bond acceptors (Lipinski definition) is 7. The van der Waals surface area contributed by atoms with Gasteiger partial charge >= 0.3 is 0 Å². The number of nitrogens with zero attached hydrogens (tertiary/aromatic N) is 2. The van der Waals surface area contributed by atoms with Crippen molar-refractivity contribution in [2.45, 2.75) is 31.7 Å². The predicted octanol–water partition coefficient (Wildman–Crippen LogP) is 3.29. The zero-order chi connectivity index (χ0) is 21.1. The number of hydrogen-bond donors (Lipinski definition) is 2. The Bertz CT molecular complexity index is 954. The van der Waals surface area contributed by atoms with Crippen LogP contribution in [0.3, 0.4) is 0 Å². The van der Waals surface area contributed by atoms with E-state index in [-0.39, 0.29) is 28.9 Å². The summed E-state index contributed by atoms with van der Waals surface area (Å²) in [5, 5.41) is 14.7. The van der Waals surface area contributed by atoms with Crippen molar-refractivity contribution in [3.8, 4) is 0 Å². The highest BCUT2D eigenvalue weighted by atomic mass is 32.2. The fraction of sp³-hybridized carbons (Fsp3) is 0.444. The molecule has 0 spiro atoms. The van der Waals surface area contributed by atoms with Crippen LogP contribution in [-0.2, 0) is 10.0 Å². The summed E-state index contributed by atoms with van der Waals surface area (Å²) in [6, 6.07) is 5.83. The van der Waals surface area contributed by atoms with Crippen LogP contribution >= 0.6 is 11.3 Å². The third kappa shape index (κ3) is 5.51. The number of nitro benzene ring substituents is 1.